The van der Waals surface area contributed by atoms with E-state index in [9.17, 15) is 4.79 Å². The highest BCUT2D eigenvalue weighted by molar-refractivity contribution is 7.99. The fraction of sp³-hybridized carbons (Fsp3) is 0.960. The summed E-state index contributed by atoms with van der Waals surface area (Å²) in [7, 11) is 0. The first-order valence-electron chi connectivity index (χ1n) is 12.6. The van der Waals surface area contributed by atoms with Crippen LogP contribution in [0.3, 0.4) is 0 Å². The summed E-state index contributed by atoms with van der Waals surface area (Å²) in [6, 6.07) is 0. The number of rotatable bonds is 24. The van der Waals surface area contributed by atoms with E-state index in [1.165, 1.54) is 128 Å². The van der Waals surface area contributed by atoms with Crippen molar-refractivity contribution in [3.8, 4) is 0 Å². The van der Waals surface area contributed by atoms with Gasteiger partial charge in [-0.3, -0.25) is 4.79 Å². The second-order valence-corrected chi connectivity index (χ2v) is 9.70. The SMILES string of the molecule is CCCCCCCCCCCCCCCCCCCCCCSCCC(=O)O. The first-order chi connectivity index (χ1) is 13.8. The van der Waals surface area contributed by atoms with Gasteiger partial charge in [-0.2, -0.15) is 11.8 Å². The van der Waals surface area contributed by atoms with Gasteiger partial charge in [-0.25, -0.2) is 0 Å². The van der Waals surface area contributed by atoms with E-state index in [1.807, 2.05) is 0 Å². The lowest BCUT2D eigenvalue weighted by atomic mass is 10.0. The molecule has 28 heavy (non-hydrogen) atoms. The lowest BCUT2D eigenvalue weighted by molar-refractivity contribution is -0.136. The second-order valence-electron chi connectivity index (χ2n) is 8.47. The summed E-state index contributed by atoms with van der Waals surface area (Å²) in [5.41, 5.74) is 0. The molecule has 0 aromatic rings. The molecule has 0 unspecified atom stereocenters. The zero-order valence-corrected chi connectivity index (χ0v) is 19.8. The molecule has 2 nitrogen and oxygen atoms in total. The third-order valence-corrected chi connectivity index (χ3v) is 6.67. The highest BCUT2D eigenvalue weighted by Crippen LogP contribution is 2.15. The summed E-state index contributed by atoms with van der Waals surface area (Å²) in [5, 5.41) is 8.57. The van der Waals surface area contributed by atoms with E-state index in [0.29, 0.717) is 6.42 Å². The third-order valence-electron chi connectivity index (χ3n) is 5.60. The topological polar surface area (TPSA) is 37.3 Å². The number of carbonyl (C=O) groups is 1. The molecule has 0 fully saturated rings. The van der Waals surface area contributed by atoms with E-state index < -0.39 is 5.97 Å². The number of unbranched alkanes of at least 4 members (excludes halogenated alkanes) is 19. The molecule has 0 aliphatic heterocycles. The first kappa shape index (κ1) is 27.8. The van der Waals surface area contributed by atoms with Crippen LogP contribution in [0.2, 0.25) is 0 Å². The zero-order valence-electron chi connectivity index (χ0n) is 19.0. The lowest BCUT2D eigenvalue weighted by Gasteiger charge is -2.04. The Kier molecular flexibility index (Phi) is 24.7. The van der Waals surface area contributed by atoms with Gasteiger partial charge in [-0.1, -0.05) is 129 Å². The second kappa shape index (κ2) is 24.9. The van der Waals surface area contributed by atoms with E-state index in [1.54, 1.807) is 11.8 Å². The van der Waals surface area contributed by atoms with Gasteiger partial charge in [-0.15, -0.1) is 0 Å². The number of hydrogen-bond donors (Lipinski definition) is 1. The normalized spacial score (nSPS) is 11.2. The number of aliphatic carboxylic acids is 1. The van der Waals surface area contributed by atoms with Gasteiger partial charge in [0.05, 0.1) is 6.42 Å². The third kappa shape index (κ3) is 25.8. The number of thioether (sulfide) groups is 1. The van der Waals surface area contributed by atoms with Crippen LogP contribution in [0.1, 0.15) is 142 Å². The zero-order chi connectivity index (χ0) is 20.5. The van der Waals surface area contributed by atoms with Crippen LogP contribution in [-0.2, 0) is 4.79 Å². The maximum Gasteiger partial charge on any atom is 0.304 e. The Bertz CT molecular complexity index is 307. The van der Waals surface area contributed by atoms with Crippen LogP contribution >= 0.6 is 11.8 Å². The quantitative estimate of drug-likeness (QED) is 0.160. The van der Waals surface area contributed by atoms with Crippen LogP contribution in [0.15, 0.2) is 0 Å². The predicted molar refractivity (Wildman–Crippen MR) is 128 cm³/mol. The van der Waals surface area contributed by atoms with Crippen molar-refractivity contribution in [1.29, 1.82) is 0 Å². The van der Waals surface area contributed by atoms with Crippen LogP contribution in [0.5, 0.6) is 0 Å². The molecule has 0 aromatic carbocycles. The van der Waals surface area contributed by atoms with Crippen molar-refractivity contribution in [2.24, 2.45) is 0 Å². The van der Waals surface area contributed by atoms with Gasteiger partial charge >= 0.3 is 5.97 Å². The van der Waals surface area contributed by atoms with Crippen molar-refractivity contribution in [2.75, 3.05) is 11.5 Å². The van der Waals surface area contributed by atoms with Crippen molar-refractivity contribution in [3.05, 3.63) is 0 Å². The van der Waals surface area contributed by atoms with Crippen LogP contribution in [0.4, 0.5) is 0 Å². The van der Waals surface area contributed by atoms with Crippen LogP contribution in [0.25, 0.3) is 0 Å². The maximum atomic E-state index is 10.4. The Morgan fingerprint density at radius 3 is 1.18 bits per heavy atom. The highest BCUT2D eigenvalue weighted by Gasteiger charge is 1.97. The number of hydrogen-bond acceptors (Lipinski definition) is 2. The number of carboxylic acid groups (broad SMARTS) is 1. The van der Waals surface area contributed by atoms with Gasteiger partial charge in [0.1, 0.15) is 0 Å². The largest absolute Gasteiger partial charge is 0.481 e. The van der Waals surface area contributed by atoms with E-state index in [-0.39, 0.29) is 0 Å². The molecule has 0 aliphatic rings. The average molecular weight is 415 g/mol. The summed E-state index contributed by atoms with van der Waals surface area (Å²) in [6.07, 6.45) is 28.7. The molecule has 0 aromatic heterocycles. The van der Waals surface area contributed by atoms with Crippen molar-refractivity contribution in [2.45, 2.75) is 142 Å². The smallest absolute Gasteiger partial charge is 0.304 e. The van der Waals surface area contributed by atoms with Crippen LogP contribution in [-0.4, -0.2) is 22.6 Å². The van der Waals surface area contributed by atoms with Gasteiger partial charge < -0.3 is 5.11 Å². The maximum absolute atomic E-state index is 10.4. The Morgan fingerprint density at radius 2 is 0.857 bits per heavy atom. The van der Waals surface area contributed by atoms with E-state index in [2.05, 4.69) is 6.92 Å². The molecule has 168 valence electrons. The predicted octanol–water partition coefficient (Wildman–Crippen LogP) is 9.02. The summed E-state index contributed by atoms with van der Waals surface area (Å²) in [4.78, 5) is 10.4. The molecule has 0 bridgehead atoms. The molecule has 0 rings (SSSR count). The van der Waals surface area contributed by atoms with Gasteiger partial charge in [0.15, 0.2) is 0 Å². The minimum atomic E-state index is -0.670. The Hall–Kier alpha value is -0.180. The monoisotopic (exact) mass is 414 g/mol. The summed E-state index contributed by atoms with van der Waals surface area (Å²) < 4.78 is 0. The van der Waals surface area contributed by atoms with E-state index in [0.717, 1.165) is 11.5 Å². The summed E-state index contributed by atoms with van der Waals surface area (Å²) in [5.74, 6) is 1.23. The molecule has 0 radical (unpaired) electrons. The van der Waals surface area contributed by atoms with Gasteiger partial charge in [-0.05, 0) is 12.2 Å². The Morgan fingerprint density at radius 1 is 0.536 bits per heavy atom. The molecular formula is C25H50O2S. The molecule has 0 heterocycles. The Balaban J connectivity index is 2.99. The highest BCUT2D eigenvalue weighted by atomic mass is 32.2. The van der Waals surface area contributed by atoms with Crippen LogP contribution in [0, 0.1) is 0 Å². The van der Waals surface area contributed by atoms with Crippen LogP contribution < -0.4 is 0 Å². The fourth-order valence-electron chi connectivity index (χ4n) is 3.72. The minimum Gasteiger partial charge on any atom is -0.481 e. The molecule has 3 heteroatoms. The average Bonchev–Trinajstić information content (AvgIpc) is 2.68. The summed E-state index contributed by atoms with van der Waals surface area (Å²) in [6.45, 7) is 2.29. The van der Waals surface area contributed by atoms with Crippen molar-refractivity contribution >= 4 is 17.7 Å². The van der Waals surface area contributed by atoms with Crippen molar-refractivity contribution in [3.63, 3.8) is 0 Å². The van der Waals surface area contributed by atoms with Gasteiger partial charge in [0, 0.05) is 5.75 Å². The molecule has 0 amide bonds. The molecular weight excluding hydrogens is 364 g/mol. The molecule has 0 saturated carbocycles. The molecule has 1 N–H and O–H groups in total. The van der Waals surface area contributed by atoms with Gasteiger partial charge in [0.25, 0.3) is 0 Å². The van der Waals surface area contributed by atoms with Crippen molar-refractivity contribution in [1.82, 2.24) is 0 Å². The molecule has 0 atom stereocenters. The van der Waals surface area contributed by atoms with Gasteiger partial charge in [0.2, 0.25) is 0 Å². The fourth-order valence-corrected chi connectivity index (χ4v) is 4.65. The Labute approximate surface area is 181 Å². The first-order valence-corrected chi connectivity index (χ1v) is 13.7. The molecule has 0 aliphatic carbocycles. The summed E-state index contributed by atoms with van der Waals surface area (Å²) >= 11 is 1.79. The van der Waals surface area contributed by atoms with Crippen molar-refractivity contribution < 1.29 is 9.90 Å². The lowest BCUT2D eigenvalue weighted by Crippen LogP contribution is -1.96. The molecule has 0 spiro atoms. The van der Waals surface area contributed by atoms with E-state index >= 15 is 0 Å². The van der Waals surface area contributed by atoms with E-state index in [4.69, 9.17) is 5.11 Å². The standard InChI is InChI=1S/C25H50O2S/c1-2-3-4-5-6-7-8-9-10-11-12-13-14-15-16-17-18-19-20-21-23-28-24-22-25(26)27/h2-24H2,1H3,(H,26,27). The molecule has 0 saturated heterocycles. The number of carboxylic acids is 1. The minimum absolute atomic E-state index is 0.309.